The maximum atomic E-state index is 5.46. The molecular weight excluding hydrogens is 119 g/mol. The van der Waals surface area contributed by atoms with Crippen LogP contribution in [-0.2, 0) is 0 Å². The molecule has 0 bridgehead atoms. The Hall–Kier alpha value is -0.620. The third kappa shape index (κ3) is 0.958. The lowest BCUT2D eigenvalue weighted by Gasteiger charge is -1.92. The summed E-state index contributed by atoms with van der Waals surface area (Å²) in [6.07, 6.45) is 3.38. The molecule has 0 saturated carbocycles. The van der Waals surface area contributed by atoms with Gasteiger partial charge < -0.3 is 5.73 Å². The molecule has 0 aliphatic rings. The van der Waals surface area contributed by atoms with E-state index in [9.17, 15) is 0 Å². The zero-order valence-electron chi connectivity index (χ0n) is 4.33. The lowest BCUT2D eigenvalue weighted by Crippen LogP contribution is -2.00. The fraction of sp³-hybridized carbons (Fsp3) is 0. The molecule has 3 heteroatoms. The fourth-order valence-corrected chi connectivity index (χ4v) is 0.600. The molecule has 0 aliphatic carbocycles. The molecule has 0 radical (unpaired) electrons. The van der Waals surface area contributed by atoms with E-state index in [-0.39, 0.29) is 0 Å². The van der Waals surface area contributed by atoms with E-state index in [2.05, 4.69) is 14.2 Å². The van der Waals surface area contributed by atoms with Gasteiger partial charge in [0.25, 0.3) is 0 Å². The van der Waals surface area contributed by atoms with E-state index in [1.807, 2.05) is 0 Å². The van der Waals surface area contributed by atoms with Crippen LogP contribution in [0.1, 0.15) is 0 Å². The number of aromatic nitrogens is 1. The van der Waals surface area contributed by atoms with Gasteiger partial charge in [-0.1, -0.05) is 0 Å². The third-order valence-corrected chi connectivity index (χ3v) is 1.37. The van der Waals surface area contributed by atoms with Gasteiger partial charge in [0.2, 0.25) is 0 Å². The van der Waals surface area contributed by atoms with Gasteiger partial charge in [0.1, 0.15) is 0 Å². The highest BCUT2D eigenvalue weighted by atomic mass is 31.0. The molecule has 1 unspecified atom stereocenters. The van der Waals surface area contributed by atoms with Crippen molar-refractivity contribution in [3.8, 4) is 0 Å². The van der Waals surface area contributed by atoms with Gasteiger partial charge >= 0.3 is 0 Å². The Morgan fingerprint density at radius 2 is 2.38 bits per heavy atom. The number of nitrogens with two attached hydrogens (primary N) is 1. The van der Waals surface area contributed by atoms with Crippen molar-refractivity contribution >= 4 is 20.2 Å². The number of nitrogens with zero attached hydrogens (tertiary/aromatic N) is 1. The van der Waals surface area contributed by atoms with Crippen LogP contribution in [0.15, 0.2) is 18.5 Å². The van der Waals surface area contributed by atoms with E-state index in [4.69, 9.17) is 5.73 Å². The molecule has 0 spiro atoms. The zero-order chi connectivity index (χ0) is 5.98. The number of hydrogen-bond donors (Lipinski definition) is 1. The van der Waals surface area contributed by atoms with Gasteiger partial charge in [-0.2, -0.15) is 0 Å². The van der Waals surface area contributed by atoms with E-state index < -0.39 is 0 Å². The summed E-state index contributed by atoms with van der Waals surface area (Å²) in [7, 11) is 2.50. The SMILES string of the molecule is Nc1ccncc1P. The smallest absolute Gasteiger partial charge is 0.0417 e. The number of nitrogen functional groups attached to an aromatic ring is 1. The fourth-order valence-electron chi connectivity index (χ4n) is 0.417. The second-order valence-electron chi connectivity index (χ2n) is 1.50. The number of pyridine rings is 1. The average Bonchev–Trinajstić information content (AvgIpc) is 1.77. The summed E-state index contributed by atoms with van der Waals surface area (Å²) < 4.78 is 0. The highest BCUT2D eigenvalue weighted by Gasteiger charge is 1.85. The largest absolute Gasteiger partial charge is 0.398 e. The van der Waals surface area contributed by atoms with Crippen molar-refractivity contribution in [1.82, 2.24) is 4.98 Å². The van der Waals surface area contributed by atoms with Crippen LogP contribution in [0.3, 0.4) is 0 Å². The van der Waals surface area contributed by atoms with Crippen molar-refractivity contribution in [2.45, 2.75) is 0 Å². The molecule has 0 aliphatic heterocycles. The molecule has 0 amide bonds. The Labute approximate surface area is 50.3 Å². The highest BCUT2D eigenvalue weighted by Crippen LogP contribution is 1.97. The van der Waals surface area contributed by atoms with Crippen LogP contribution >= 0.6 is 9.24 Å². The lowest BCUT2D eigenvalue weighted by atomic mass is 10.4. The van der Waals surface area contributed by atoms with Crippen molar-refractivity contribution in [2.24, 2.45) is 0 Å². The van der Waals surface area contributed by atoms with E-state index in [0.717, 1.165) is 11.0 Å². The molecule has 0 fully saturated rings. The zero-order valence-corrected chi connectivity index (χ0v) is 5.49. The Bertz CT molecular complexity index is 167. The Kier molecular flexibility index (Phi) is 1.45. The minimum absolute atomic E-state index is 0.769. The maximum Gasteiger partial charge on any atom is 0.0417 e. The van der Waals surface area contributed by atoms with Crippen molar-refractivity contribution < 1.29 is 0 Å². The number of anilines is 1. The first kappa shape index (κ1) is 5.52. The highest BCUT2D eigenvalue weighted by molar-refractivity contribution is 7.28. The molecule has 0 aromatic carbocycles. The van der Waals surface area contributed by atoms with Crippen molar-refractivity contribution in [3.63, 3.8) is 0 Å². The Morgan fingerprint density at radius 1 is 1.62 bits per heavy atom. The topological polar surface area (TPSA) is 38.9 Å². The van der Waals surface area contributed by atoms with Gasteiger partial charge in [-0.25, -0.2) is 0 Å². The van der Waals surface area contributed by atoms with Gasteiger partial charge in [-0.3, -0.25) is 4.98 Å². The molecular formula is C5H7N2P. The Balaban J connectivity index is 3.13. The minimum atomic E-state index is 0.769. The van der Waals surface area contributed by atoms with Crippen molar-refractivity contribution in [2.75, 3.05) is 5.73 Å². The minimum Gasteiger partial charge on any atom is -0.398 e. The molecule has 1 aromatic rings. The number of hydrogen-bond acceptors (Lipinski definition) is 2. The van der Waals surface area contributed by atoms with E-state index in [0.29, 0.717) is 0 Å². The van der Waals surface area contributed by atoms with Crippen LogP contribution in [0.25, 0.3) is 0 Å². The molecule has 1 aromatic heterocycles. The summed E-state index contributed by atoms with van der Waals surface area (Å²) in [6.45, 7) is 0. The number of rotatable bonds is 0. The Morgan fingerprint density at radius 3 is 2.75 bits per heavy atom. The van der Waals surface area contributed by atoms with E-state index >= 15 is 0 Å². The summed E-state index contributed by atoms with van der Waals surface area (Å²) in [5.74, 6) is 0. The van der Waals surface area contributed by atoms with Crippen LogP contribution in [0.4, 0.5) is 5.69 Å². The van der Waals surface area contributed by atoms with Gasteiger partial charge in [-0.15, -0.1) is 9.24 Å². The first-order valence-electron chi connectivity index (χ1n) is 2.25. The third-order valence-electron chi connectivity index (χ3n) is 0.887. The predicted octanol–water partition coefficient (Wildman–Crippen LogP) is 0.164. The summed E-state index contributed by atoms with van der Waals surface area (Å²) in [5.41, 5.74) is 6.23. The molecule has 42 valence electrons. The molecule has 1 rings (SSSR count). The monoisotopic (exact) mass is 126 g/mol. The standard InChI is InChI=1S/C5H7N2P/c6-4-1-2-7-3-5(4)8/h1-3H,8H2,(H2,6,7). The first-order chi connectivity index (χ1) is 3.80. The maximum absolute atomic E-state index is 5.46. The first-order valence-corrected chi connectivity index (χ1v) is 2.83. The summed E-state index contributed by atoms with van der Waals surface area (Å²) in [4.78, 5) is 3.84. The molecule has 1 heterocycles. The second kappa shape index (κ2) is 2.10. The second-order valence-corrected chi connectivity index (χ2v) is 2.13. The predicted molar refractivity (Wildman–Crippen MR) is 38.0 cm³/mol. The normalized spacial score (nSPS) is 9.12. The van der Waals surface area contributed by atoms with Gasteiger partial charge in [-0.05, 0) is 6.07 Å². The quantitative estimate of drug-likeness (QED) is 0.503. The molecule has 8 heavy (non-hydrogen) atoms. The molecule has 2 N–H and O–H groups in total. The van der Waals surface area contributed by atoms with Crippen LogP contribution in [0.2, 0.25) is 0 Å². The van der Waals surface area contributed by atoms with E-state index in [1.165, 1.54) is 0 Å². The van der Waals surface area contributed by atoms with Crippen LogP contribution in [0, 0.1) is 0 Å². The average molecular weight is 126 g/mol. The van der Waals surface area contributed by atoms with Crippen LogP contribution < -0.4 is 11.0 Å². The van der Waals surface area contributed by atoms with Gasteiger partial charge in [0, 0.05) is 23.4 Å². The summed E-state index contributed by atoms with van der Waals surface area (Å²) >= 11 is 0. The summed E-state index contributed by atoms with van der Waals surface area (Å²) in [5, 5.41) is 0.951. The molecule has 1 atom stereocenters. The van der Waals surface area contributed by atoms with E-state index in [1.54, 1.807) is 18.5 Å². The summed E-state index contributed by atoms with van der Waals surface area (Å²) in [6, 6.07) is 1.77. The van der Waals surface area contributed by atoms with Crippen molar-refractivity contribution in [1.29, 1.82) is 0 Å². The van der Waals surface area contributed by atoms with Gasteiger partial charge in [0.05, 0.1) is 0 Å². The van der Waals surface area contributed by atoms with Gasteiger partial charge in [0.15, 0.2) is 0 Å². The molecule has 0 saturated heterocycles. The van der Waals surface area contributed by atoms with Crippen LogP contribution in [0.5, 0.6) is 0 Å². The lowest BCUT2D eigenvalue weighted by molar-refractivity contribution is 1.35. The van der Waals surface area contributed by atoms with Crippen molar-refractivity contribution in [3.05, 3.63) is 18.5 Å². The van der Waals surface area contributed by atoms with Crippen LogP contribution in [-0.4, -0.2) is 4.98 Å². The molecule has 2 nitrogen and oxygen atoms in total.